The average molecular weight is 607 g/mol. The molecule has 228 valence electrons. The van der Waals surface area contributed by atoms with Gasteiger partial charge < -0.3 is 9.80 Å². The number of para-hydroxylation sites is 1. The number of nitrogens with zero attached hydrogens (tertiary/aromatic N) is 2. The van der Waals surface area contributed by atoms with E-state index in [2.05, 4.69) is 192 Å². The second kappa shape index (κ2) is 13.6. The number of benzene rings is 6. The van der Waals surface area contributed by atoms with Gasteiger partial charge in [-0.15, -0.1) is 0 Å². The molecule has 0 N–H and O–H groups in total. The lowest BCUT2D eigenvalue weighted by atomic mass is 9.94. The summed E-state index contributed by atoms with van der Waals surface area (Å²) in [7, 11) is 0. The van der Waals surface area contributed by atoms with E-state index in [1.807, 2.05) is 13.0 Å². The van der Waals surface area contributed by atoms with Crippen molar-refractivity contribution in [2.45, 2.75) is 19.4 Å². The normalized spacial score (nSPS) is 14.8. The van der Waals surface area contributed by atoms with Crippen LogP contribution in [0, 0.1) is 0 Å². The second-order valence-electron chi connectivity index (χ2n) is 11.7. The van der Waals surface area contributed by atoms with E-state index < -0.39 is 0 Å². The Kier molecular flexibility index (Phi) is 8.66. The highest BCUT2D eigenvalue weighted by Gasteiger charge is 2.23. The highest BCUT2D eigenvalue weighted by atomic mass is 15.2. The molecule has 1 aliphatic carbocycles. The molecule has 0 radical (unpaired) electrons. The van der Waals surface area contributed by atoms with Gasteiger partial charge in [-0.1, -0.05) is 140 Å². The van der Waals surface area contributed by atoms with E-state index in [0.29, 0.717) is 0 Å². The lowest BCUT2D eigenvalue weighted by molar-refractivity contribution is 0.767. The van der Waals surface area contributed by atoms with Crippen molar-refractivity contribution in [2.24, 2.45) is 0 Å². The summed E-state index contributed by atoms with van der Waals surface area (Å²) in [5.74, 6) is 0. The fourth-order valence-corrected chi connectivity index (χ4v) is 6.59. The van der Waals surface area contributed by atoms with Crippen LogP contribution in [0.15, 0.2) is 194 Å². The Morgan fingerprint density at radius 1 is 0.660 bits per heavy atom. The molecule has 2 nitrogen and oxygen atoms in total. The summed E-state index contributed by atoms with van der Waals surface area (Å²) in [5, 5.41) is 4.92. The van der Waals surface area contributed by atoms with Gasteiger partial charge in [0.25, 0.3) is 0 Å². The van der Waals surface area contributed by atoms with Crippen LogP contribution in [0.3, 0.4) is 0 Å². The van der Waals surface area contributed by atoms with E-state index in [0.717, 1.165) is 23.5 Å². The average Bonchev–Trinajstić information content (AvgIpc) is 3.14. The van der Waals surface area contributed by atoms with Crippen molar-refractivity contribution < 1.29 is 0 Å². The van der Waals surface area contributed by atoms with Crippen LogP contribution in [0.2, 0.25) is 0 Å². The molecule has 1 unspecified atom stereocenters. The van der Waals surface area contributed by atoms with Crippen molar-refractivity contribution >= 4 is 49.9 Å². The van der Waals surface area contributed by atoms with E-state index in [1.54, 1.807) is 0 Å². The van der Waals surface area contributed by atoms with Gasteiger partial charge in [-0.25, -0.2) is 0 Å². The van der Waals surface area contributed by atoms with Crippen LogP contribution in [-0.4, -0.2) is 6.04 Å². The smallest absolute Gasteiger partial charge is 0.0560 e. The van der Waals surface area contributed by atoms with Gasteiger partial charge in [-0.3, -0.25) is 0 Å². The fourth-order valence-electron chi connectivity index (χ4n) is 6.59. The minimum atomic E-state index is 0.151. The minimum absolute atomic E-state index is 0.151. The van der Waals surface area contributed by atoms with Crippen LogP contribution in [0.4, 0.5) is 22.7 Å². The minimum Gasteiger partial charge on any atom is -0.334 e. The van der Waals surface area contributed by atoms with Gasteiger partial charge in [0.1, 0.15) is 0 Å². The first-order chi connectivity index (χ1) is 23.2. The number of allylic oxidation sites excluding steroid dienone is 6. The molecule has 0 saturated heterocycles. The second-order valence-corrected chi connectivity index (χ2v) is 11.7. The first-order valence-corrected chi connectivity index (χ1v) is 16.3. The van der Waals surface area contributed by atoms with Crippen LogP contribution in [0.1, 0.15) is 18.9 Å². The lowest BCUT2D eigenvalue weighted by Crippen LogP contribution is -2.33. The Labute approximate surface area is 278 Å². The van der Waals surface area contributed by atoms with Gasteiger partial charge in [0.05, 0.1) is 11.7 Å². The van der Waals surface area contributed by atoms with Crippen molar-refractivity contribution in [1.29, 1.82) is 0 Å². The van der Waals surface area contributed by atoms with E-state index in [-0.39, 0.29) is 6.04 Å². The largest absolute Gasteiger partial charge is 0.334 e. The molecule has 0 fully saturated rings. The SMILES string of the molecule is C=C/C(=C\C=C/C)N(c1cccc2ccccc12)C1C=CC(c2ccc(N(c3ccccc3)c3cccc4ccccc34)cc2)=CC1. The first-order valence-electron chi connectivity index (χ1n) is 16.3. The number of rotatable bonds is 9. The maximum Gasteiger partial charge on any atom is 0.0560 e. The molecule has 7 rings (SSSR count). The monoisotopic (exact) mass is 606 g/mol. The van der Waals surface area contributed by atoms with Gasteiger partial charge >= 0.3 is 0 Å². The maximum absolute atomic E-state index is 4.19. The summed E-state index contributed by atoms with van der Waals surface area (Å²) in [6, 6.07) is 50.0. The van der Waals surface area contributed by atoms with Crippen LogP contribution >= 0.6 is 0 Å². The molecule has 1 aliphatic rings. The van der Waals surface area contributed by atoms with Crippen LogP contribution < -0.4 is 9.80 Å². The molecule has 0 aromatic heterocycles. The molecule has 0 heterocycles. The molecule has 6 aromatic rings. The molecule has 0 amide bonds. The molecule has 6 aromatic carbocycles. The Hall–Kier alpha value is -5.86. The van der Waals surface area contributed by atoms with Crippen molar-refractivity contribution in [1.82, 2.24) is 0 Å². The zero-order valence-corrected chi connectivity index (χ0v) is 26.7. The Morgan fingerprint density at radius 3 is 1.89 bits per heavy atom. The van der Waals surface area contributed by atoms with Gasteiger partial charge in [0.2, 0.25) is 0 Å². The lowest BCUT2D eigenvalue weighted by Gasteiger charge is -2.34. The van der Waals surface area contributed by atoms with Crippen molar-refractivity contribution in [3.05, 3.63) is 200 Å². The molecular formula is C45H38N2. The van der Waals surface area contributed by atoms with Crippen molar-refractivity contribution in [3.8, 4) is 0 Å². The van der Waals surface area contributed by atoms with Crippen molar-refractivity contribution in [2.75, 3.05) is 9.80 Å². The van der Waals surface area contributed by atoms with Crippen LogP contribution in [0.25, 0.3) is 27.1 Å². The topological polar surface area (TPSA) is 6.48 Å². The standard InChI is InChI=1S/C45H38N2/c1-3-5-19-38(4-2)46(44-24-13-17-36-15-9-11-22-42(36)44)40-30-26-34(27-31-40)35-28-32-41(33-29-35)47(39-20-7-6-8-21-39)45-25-14-18-37-16-10-12-23-43(37)45/h3-30,32-33,40H,2,31H2,1H3/b5-3-,38-19+. The van der Waals surface area contributed by atoms with Gasteiger partial charge in [0.15, 0.2) is 0 Å². The van der Waals surface area contributed by atoms with E-state index >= 15 is 0 Å². The third kappa shape index (κ3) is 6.06. The molecular weight excluding hydrogens is 569 g/mol. The summed E-state index contributed by atoms with van der Waals surface area (Å²) in [5.41, 5.74) is 8.13. The Balaban J connectivity index is 1.21. The van der Waals surface area contributed by atoms with Crippen molar-refractivity contribution in [3.63, 3.8) is 0 Å². The number of hydrogen-bond donors (Lipinski definition) is 0. The van der Waals surface area contributed by atoms with Gasteiger partial charge in [-0.2, -0.15) is 0 Å². The summed E-state index contributed by atoms with van der Waals surface area (Å²) >= 11 is 0. The third-order valence-corrected chi connectivity index (χ3v) is 8.86. The van der Waals surface area contributed by atoms with E-state index in [4.69, 9.17) is 0 Å². The third-order valence-electron chi connectivity index (χ3n) is 8.86. The number of hydrogen-bond acceptors (Lipinski definition) is 2. The summed E-state index contributed by atoms with van der Waals surface area (Å²) in [4.78, 5) is 4.77. The summed E-state index contributed by atoms with van der Waals surface area (Å²) in [6.45, 7) is 6.24. The predicted molar refractivity (Wildman–Crippen MR) is 204 cm³/mol. The molecule has 0 bridgehead atoms. The Bertz CT molecular complexity index is 2140. The van der Waals surface area contributed by atoms with Gasteiger partial charge in [-0.05, 0) is 83.8 Å². The fraction of sp³-hybridized carbons (Fsp3) is 0.0667. The molecule has 47 heavy (non-hydrogen) atoms. The zero-order chi connectivity index (χ0) is 32.0. The highest BCUT2D eigenvalue weighted by Crippen LogP contribution is 2.40. The maximum atomic E-state index is 4.19. The number of fused-ring (bicyclic) bond motifs is 2. The predicted octanol–water partition coefficient (Wildman–Crippen LogP) is 12.3. The van der Waals surface area contributed by atoms with E-state index in [1.165, 1.54) is 44.1 Å². The first kappa shape index (κ1) is 29.8. The molecule has 0 aliphatic heterocycles. The quantitative estimate of drug-likeness (QED) is 0.151. The van der Waals surface area contributed by atoms with Crippen LogP contribution in [0.5, 0.6) is 0 Å². The summed E-state index contributed by atoms with van der Waals surface area (Å²) < 4.78 is 0. The molecule has 2 heteroatoms. The van der Waals surface area contributed by atoms with E-state index in [9.17, 15) is 0 Å². The van der Waals surface area contributed by atoms with Crippen LogP contribution in [-0.2, 0) is 0 Å². The Morgan fingerprint density at radius 2 is 1.26 bits per heavy atom. The highest BCUT2D eigenvalue weighted by molar-refractivity contribution is 5.99. The molecule has 0 spiro atoms. The zero-order valence-electron chi connectivity index (χ0n) is 26.7. The number of anilines is 4. The summed E-state index contributed by atoms with van der Waals surface area (Å²) in [6.07, 6.45) is 16.1. The van der Waals surface area contributed by atoms with Gasteiger partial charge in [0, 0.05) is 33.5 Å². The molecule has 1 atom stereocenters. The molecule has 0 saturated carbocycles.